The number of nitrogens with zero attached hydrogens (tertiary/aromatic N) is 1. The molecule has 4 heteroatoms. The first-order valence-corrected chi connectivity index (χ1v) is 14.1. The zero-order valence-corrected chi connectivity index (χ0v) is 22.4. The zero-order valence-electron chi connectivity index (χ0n) is 18.6. The van der Waals surface area contributed by atoms with E-state index in [1.165, 1.54) is 72.3 Å². The quantitative estimate of drug-likeness (QED) is 0.341. The third kappa shape index (κ3) is 7.74. The molecule has 0 saturated heterocycles. The molecule has 0 aliphatic rings. The summed E-state index contributed by atoms with van der Waals surface area (Å²) in [6.07, 6.45) is 10.3. The van der Waals surface area contributed by atoms with Crippen molar-refractivity contribution in [1.29, 1.82) is 0 Å². The summed E-state index contributed by atoms with van der Waals surface area (Å²) < 4.78 is 0. The Kier molecular flexibility index (Phi) is 14.0. The second-order valence-corrected chi connectivity index (χ2v) is 12.0. The Bertz CT molecular complexity index is 608. The molecule has 28 heavy (non-hydrogen) atoms. The van der Waals surface area contributed by atoms with Crippen LogP contribution in [0.1, 0.15) is 53.4 Å². The predicted octanol–water partition coefficient (Wildman–Crippen LogP) is 4.88. The molecule has 0 heterocycles. The molecular weight excluding hydrogens is 387 g/mol. The van der Waals surface area contributed by atoms with Gasteiger partial charge in [0.25, 0.3) is 0 Å². The molecule has 0 bridgehead atoms. The number of para-hydroxylation sites is 2. The summed E-state index contributed by atoms with van der Waals surface area (Å²) in [4.78, 5) is 0. The molecule has 0 atom stereocenters. The van der Waals surface area contributed by atoms with Crippen LogP contribution in [0.2, 0.25) is 0 Å². The first kappa shape index (κ1) is 26.1. The van der Waals surface area contributed by atoms with E-state index < -0.39 is 0 Å². The minimum absolute atomic E-state index is 0. The van der Waals surface area contributed by atoms with Crippen LogP contribution in [0, 0.1) is 0 Å². The summed E-state index contributed by atoms with van der Waals surface area (Å²) in [5, 5.41) is 8.25. The average molecular weight is 423 g/mol. The van der Waals surface area contributed by atoms with Crippen molar-refractivity contribution in [1.82, 2.24) is 0 Å². The van der Waals surface area contributed by atoms with Gasteiger partial charge in [0.2, 0.25) is 0 Å². The first-order chi connectivity index (χ1) is 13.2. The van der Waals surface area contributed by atoms with Crippen LogP contribution in [0.4, 0.5) is 11.4 Å². The van der Waals surface area contributed by atoms with Crippen molar-refractivity contribution in [2.24, 2.45) is 0 Å². The Labute approximate surface area is 198 Å². The Morgan fingerprint density at radius 2 is 0.893 bits per heavy atom. The maximum Gasteiger partial charge on any atom is 1.00 e. The van der Waals surface area contributed by atoms with Crippen LogP contribution in [0.25, 0.3) is 5.32 Å². The van der Waals surface area contributed by atoms with E-state index in [0.717, 1.165) is 0 Å². The van der Waals surface area contributed by atoms with Crippen molar-refractivity contribution >= 4 is 37.8 Å². The van der Waals surface area contributed by atoms with Gasteiger partial charge in [-0.3, -0.25) is 0 Å². The van der Waals surface area contributed by atoms with Gasteiger partial charge in [0.1, 0.15) is 0 Å². The normalized spacial score (nSPS) is 10.9. The molecule has 0 aromatic heterocycles. The molecular formula is C24H36NNaP2. The number of rotatable bonds is 12. The summed E-state index contributed by atoms with van der Waals surface area (Å²) in [5.41, 5.74) is 2.42. The topological polar surface area (TPSA) is 14.1 Å². The minimum atomic E-state index is -0.0998. The van der Waals surface area contributed by atoms with Gasteiger partial charge in [0.15, 0.2) is 0 Å². The molecule has 148 valence electrons. The number of hydrogen-bond acceptors (Lipinski definition) is 0. The molecule has 2 aromatic carbocycles. The molecule has 2 aromatic rings. The van der Waals surface area contributed by atoms with Gasteiger partial charge in [-0.25, -0.2) is 0 Å². The molecule has 0 fully saturated rings. The molecule has 0 aliphatic carbocycles. The summed E-state index contributed by atoms with van der Waals surface area (Å²) in [6, 6.07) is 17.8. The molecule has 2 rings (SSSR count). The van der Waals surface area contributed by atoms with Gasteiger partial charge < -0.3 is 5.32 Å². The summed E-state index contributed by atoms with van der Waals surface area (Å²) >= 11 is 0. The molecule has 0 radical (unpaired) electrons. The fraction of sp³-hybridized carbons (Fsp3) is 0.500. The van der Waals surface area contributed by atoms with Crippen molar-refractivity contribution in [2.45, 2.75) is 53.4 Å². The van der Waals surface area contributed by atoms with Crippen molar-refractivity contribution < 1.29 is 29.6 Å². The monoisotopic (exact) mass is 423 g/mol. The van der Waals surface area contributed by atoms with E-state index in [0.29, 0.717) is 0 Å². The number of benzene rings is 2. The third-order valence-electron chi connectivity index (χ3n) is 4.66. The van der Waals surface area contributed by atoms with Gasteiger partial charge in [-0.2, -0.15) is 0 Å². The van der Waals surface area contributed by atoms with E-state index in [9.17, 15) is 0 Å². The molecule has 0 saturated carbocycles. The molecule has 0 N–H and O–H groups in total. The second kappa shape index (κ2) is 15.0. The molecule has 0 amide bonds. The van der Waals surface area contributed by atoms with Crippen LogP contribution >= 0.6 is 15.8 Å². The molecule has 0 spiro atoms. The van der Waals surface area contributed by atoms with Crippen LogP contribution in [-0.4, -0.2) is 24.6 Å². The average Bonchev–Trinajstić information content (AvgIpc) is 2.69. The van der Waals surface area contributed by atoms with Gasteiger partial charge in [0.05, 0.1) is 0 Å². The predicted molar refractivity (Wildman–Crippen MR) is 129 cm³/mol. The van der Waals surface area contributed by atoms with Gasteiger partial charge in [-0.05, 0) is 35.3 Å². The Morgan fingerprint density at radius 3 is 1.21 bits per heavy atom. The Balaban J connectivity index is 0.00000392. The minimum Gasteiger partial charge on any atom is -0.657 e. The van der Waals surface area contributed by atoms with Gasteiger partial charge >= 0.3 is 29.6 Å². The maximum absolute atomic E-state index is 5.24. The summed E-state index contributed by atoms with van der Waals surface area (Å²) in [6.45, 7) is 9.23. The fourth-order valence-corrected chi connectivity index (χ4v) is 8.63. The molecule has 0 aliphatic heterocycles. The van der Waals surface area contributed by atoms with Crippen molar-refractivity contribution in [3.63, 3.8) is 0 Å². The Morgan fingerprint density at radius 1 is 0.571 bits per heavy atom. The second-order valence-electron chi connectivity index (χ2n) is 7.06. The third-order valence-corrected chi connectivity index (χ3v) is 10.7. The van der Waals surface area contributed by atoms with Gasteiger partial charge in [0, 0.05) is 0 Å². The van der Waals surface area contributed by atoms with Crippen molar-refractivity contribution in [3.05, 3.63) is 53.8 Å². The van der Waals surface area contributed by atoms with E-state index in [1.54, 1.807) is 0 Å². The van der Waals surface area contributed by atoms with Gasteiger partial charge in [-0.15, -0.1) is 11.4 Å². The van der Waals surface area contributed by atoms with E-state index in [2.05, 4.69) is 76.2 Å². The maximum atomic E-state index is 5.24. The Hall–Kier alpha value is 0.1000. The van der Waals surface area contributed by atoms with E-state index in [4.69, 9.17) is 5.32 Å². The standard InChI is InChI=1S/C24H36NP2.Na/c1-5-17-26(18-6-2)23-15-11-9-13-21(23)25-22-14-10-12-16-24(22)27(19-7-3)20-8-4;/h9-16H,5-8,17-20H2,1-4H3;/q-1;+1. The molecule has 0 unspecified atom stereocenters. The largest absolute Gasteiger partial charge is 1.00 e. The van der Waals surface area contributed by atoms with Crippen molar-refractivity contribution in [2.75, 3.05) is 24.6 Å². The SMILES string of the molecule is CCCP(CCC)c1ccccc1[N-]c1ccccc1P(CCC)CCC.[Na+]. The van der Waals surface area contributed by atoms with Crippen LogP contribution in [-0.2, 0) is 0 Å². The number of hydrogen-bond donors (Lipinski definition) is 0. The van der Waals surface area contributed by atoms with Crippen molar-refractivity contribution in [3.8, 4) is 0 Å². The van der Waals surface area contributed by atoms with Crippen LogP contribution in [0.3, 0.4) is 0 Å². The van der Waals surface area contributed by atoms with E-state index >= 15 is 0 Å². The van der Waals surface area contributed by atoms with E-state index in [-0.39, 0.29) is 45.4 Å². The zero-order chi connectivity index (χ0) is 19.5. The summed E-state index contributed by atoms with van der Waals surface area (Å²) in [7, 11) is -0.200. The van der Waals surface area contributed by atoms with E-state index in [1.807, 2.05) is 0 Å². The smallest absolute Gasteiger partial charge is 0.657 e. The summed E-state index contributed by atoms with van der Waals surface area (Å²) in [5.74, 6) is 0. The molecule has 1 nitrogen and oxygen atoms in total. The van der Waals surface area contributed by atoms with Crippen LogP contribution in [0.15, 0.2) is 48.5 Å². The van der Waals surface area contributed by atoms with Crippen LogP contribution < -0.4 is 40.2 Å². The fourth-order valence-electron chi connectivity index (χ4n) is 3.57. The first-order valence-electron chi connectivity index (χ1n) is 10.6. The van der Waals surface area contributed by atoms with Gasteiger partial charge in [-0.1, -0.05) is 118 Å². The van der Waals surface area contributed by atoms with Crippen LogP contribution in [0.5, 0.6) is 0 Å².